The molecule has 178 valence electrons. The van der Waals surface area contributed by atoms with Crippen molar-refractivity contribution >= 4 is 23.3 Å². The average Bonchev–Trinajstić information content (AvgIpc) is 3.37. The second-order valence-electron chi connectivity index (χ2n) is 9.08. The molecule has 0 radical (unpaired) electrons. The van der Waals surface area contributed by atoms with Gasteiger partial charge in [-0.15, -0.1) is 0 Å². The summed E-state index contributed by atoms with van der Waals surface area (Å²) in [5, 5.41) is 13.1. The fourth-order valence-electron chi connectivity index (χ4n) is 5.23. The summed E-state index contributed by atoms with van der Waals surface area (Å²) in [6.07, 6.45) is 4.93. The van der Waals surface area contributed by atoms with Gasteiger partial charge in [0.2, 0.25) is 5.91 Å². The highest BCUT2D eigenvalue weighted by atomic mass is 16.5. The molecule has 0 saturated carbocycles. The monoisotopic (exact) mass is 468 g/mol. The van der Waals surface area contributed by atoms with Crippen molar-refractivity contribution in [2.75, 3.05) is 17.3 Å². The number of carboxylic acid groups (broad SMARTS) is 1. The molecule has 2 aliphatic rings. The third kappa shape index (κ3) is 4.28. The molecular weight excluding hydrogens is 440 g/mol. The summed E-state index contributed by atoms with van der Waals surface area (Å²) >= 11 is 0. The Morgan fingerprint density at radius 3 is 2.34 bits per heavy atom. The van der Waals surface area contributed by atoms with Crippen molar-refractivity contribution in [1.29, 1.82) is 0 Å². The van der Waals surface area contributed by atoms with Crippen molar-refractivity contribution < 1.29 is 19.4 Å². The molecule has 1 aliphatic heterocycles. The van der Waals surface area contributed by atoms with Crippen LogP contribution < -0.4 is 15.0 Å². The number of carboxylic acids is 1. The highest BCUT2D eigenvalue weighted by Gasteiger charge is 2.41. The van der Waals surface area contributed by atoms with Gasteiger partial charge in [0.05, 0.1) is 13.7 Å². The molecule has 3 atom stereocenters. The Kier molecular flexibility index (Phi) is 6.03. The van der Waals surface area contributed by atoms with Crippen LogP contribution in [0.15, 0.2) is 78.9 Å². The van der Waals surface area contributed by atoms with Gasteiger partial charge in [0, 0.05) is 30.1 Å². The largest absolute Gasteiger partial charge is 0.497 e. The number of anilines is 2. The third-order valence-electron chi connectivity index (χ3n) is 7.06. The molecule has 1 amide bonds. The Balaban J connectivity index is 1.44. The smallest absolute Gasteiger partial charge is 0.326 e. The maximum atomic E-state index is 12.7. The standard InChI is InChI=1S/C29H28N2O4/c1-18(32)31(22-13-9-19(10-14-22)20-11-15-23(35-2)16-12-20)17-21-5-3-7-25-24-6-4-8-26(24)28(29(33)34)30-27(21)25/h3-7,9-16,24,26,28,30H,8,17H2,1-2H3,(H,33,34). The summed E-state index contributed by atoms with van der Waals surface area (Å²) in [5.74, 6) is -0.0465. The number of ether oxygens (including phenoxy) is 1. The van der Waals surface area contributed by atoms with Crippen molar-refractivity contribution in [2.24, 2.45) is 5.92 Å². The maximum absolute atomic E-state index is 12.7. The molecule has 0 bridgehead atoms. The number of para-hydroxylation sites is 1. The van der Waals surface area contributed by atoms with E-state index in [1.54, 1.807) is 18.9 Å². The van der Waals surface area contributed by atoms with Crippen molar-refractivity contribution in [3.05, 3.63) is 90.0 Å². The molecule has 6 nitrogen and oxygen atoms in total. The SMILES string of the molecule is COc1ccc(-c2ccc(N(Cc3cccc4c3NC(C(=O)O)C3CC=CC43)C(C)=O)cc2)cc1. The third-order valence-corrected chi connectivity index (χ3v) is 7.06. The van der Waals surface area contributed by atoms with Crippen LogP contribution in [0.25, 0.3) is 11.1 Å². The first-order valence-corrected chi connectivity index (χ1v) is 11.8. The number of benzene rings is 3. The van der Waals surface area contributed by atoms with Crippen LogP contribution in [0, 0.1) is 5.92 Å². The summed E-state index contributed by atoms with van der Waals surface area (Å²) in [6.45, 7) is 1.90. The average molecular weight is 469 g/mol. The fourth-order valence-corrected chi connectivity index (χ4v) is 5.23. The summed E-state index contributed by atoms with van der Waals surface area (Å²) in [5.41, 5.74) is 5.72. The number of hydrogen-bond donors (Lipinski definition) is 2. The second-order valence-corrected chi connectivity index (χ2v) is 9.08. The van der Waals surface area contributed by atoms with E-state index in [0.29, 0.717) is 6.54 Å². The molecule has 0 aromatic heterocycles. The molecule has 6 heteroatoms. The first kappa shape index (κ1) is 22.7. The summed E-state index contributed by atoms with van der Waals surface area (Å²) in [7, 11) is 1.64. The van der Waals surface area contributed by atoms with E-state index >= 15 is 0 Å². The van der Waals surface area contributed by atoms with Gasteiger partial charge >= 0.3 is 5.97 Å². The van der Waals surface area contributed by atoms with E-state index < -0.39 is 12.0 Å². The van der Waals surface area contributed by atoms with Gasteiger partial charge < -0.3 is 20.1 Å². The van der Waals surface area contributed by atoms with E-state index in [1.807, 2.05) is 60.7 Å². The van der Waals surface area contributed by atoms with Crippen LogP contribution in [0.5, 0.6) is 5.75 Å². The number of methoxy groups -OCH3 is 1. The van der Waals surface area contributed by atoms with Gasteiger partial charge in [-0.25, -0.2) is 4.79 Å². The summed E-state index contributed by atoms with van der Waals surface area (Å²) < 4.78 is 5.24. The number of nitrogens with zero attached hydrogens (tertiary/aromatic N) is 1. The zero-order valence-electron chi connectivity index (χ0n) is 19.8. The quantitative estimate of drug-likeness (QED) is 0.470. The van der Waals surface area contributed by atoms with E-state index in [9.17, 15) is 14.7 Å². The number of hydrogen-bond acceptors (Lipinski definition) is 4. The van der Waals surface area contributed by atoms with Crippen LogP contribution in [0.1, 0.15) is 30.4 Å². The Morgan fingerprint density at radius 2 is 1.71 bits per heavy atom. The lowest BCUT2D eigenvalue weighted by Gasteiger charge is -2.36. The molecule has 35 heavy (non-hydrogen) atoms. The zero-order valence-corrected chi connectivity index (χ0v) is 19.8. The van der Waals surface area contributed by atoms with Crippen LogP contribution in [0.2, 0.25) is 0 Å². The number of carbonyl (C=O) groups is 2. The van der Waals surface area contributed by atoms with Gasteiger partial charge in [-0.3, -0.25) is 4.79 Å². The number of rotatable bonds is 6. The van der Waals surface area contributed by atoms with Gasteiger partial charge in [0.25, 0.3) is 0 Å². The van der Waals surface area contributed by atoms with E-state index in [1.165, 1.54) is 0 Å². The fraction of sp³-hybridized carbons (Fsp3) is 0.241. The van der Waals surface area contributed by atoms with Crippen LogP contribution in [0.4, 0.5) is 11.4 Å². The molecule has 0 spiro atoms. The van der Waals surface area contributed by atoms with Gasteiger partial charge in [0.1, 0.15) is 11.8 Å². The molecule has 5 rings (SSSR count). The van der Waals surface area contributed by atoms with Crippen molar-refractivity contribution in [3.63, 3.8) is 0 Å². The van der Waals surface area contributed by atoms with Crippen LogP contribution >= 0.6 is 0 Å². The van der Waals surface area contributed by atoms with E-state index in [2.05, 4.69) is 23.5 Å². The highest BCUT2D eigenvalue weighted by molar-refractivity contribution is 5.92. The van der Waals surface area contributed by atoms with Crippen LogP contribution in [-0.2, 0) is 16.1 Å². The van der Waals surface area contributed by atoms with Gasteiger partial charge in [0.15, 0.2) is 0 Å². The summed E-state index contributed by atoms with van der Waals surface area (Å²) in [6, 6.07) is 21.1. The number of allylic oxidation sites excluding steroid dienone is 2. The second kappa shape index (κ2) is 9.29. The Labute approximate surface area is 204 Å². The van der Waals surface area contributed by atoms with Crippen molar-refractivity contribution in [2.45, 2.75) is 31.8 Å². The lowest BCUT2D eigenvalue weighted by atomic mass is 9.78. The molecule has 3 aromatic rings. The van der Waals surface area contributed by atoms with Gasteiger partial charge in [-0.1, -0.05) is 54.6 Å². The highest BCUT2D eigenvalue weighted by Crippen LogP contribution is 2.46. The Hall–Kier alpha value is -4.06. The van der Waals surface area contributed by atoms with E-state index in [0.717, 1.165) is 45.8 Å². The predicted octanol–water partition coefficient (Wildman–Crippen LogP) is 5.45. The lowest BCUT2D eigenvalue weighted by molar-refractivity contribution is -0.139. The van der Waals surface area contributed by atoms with Gasteiger partial charge in [-0.05, 0) is 52.9 Å². The van der Waals surface area contributed by atoms with E-state index in [4.69, 9.17) is 4.74 Å². The Bertz CT molecular complexity index is 1280. The summed E-state index contributed by atoms with van der Waals surface area (Å²) in [4.78, 5) is 26.4. The number of amides is 1. The van der Waals surface area contributed by atoms with Crippen molar-refractivity contribution in [1.82, 2.24) is 0 Å². The lowest BCUT2D eigenvalue weighted by Crippen LogP contribution is -2.42. The normalized spacial score (nSPS) is 19.9. The minimum absolute atomic E-state index is 0.00431. The van der Waals surface area contributed by atoms with E-state index in [-0.39, 0.29) is 17.7 Å². The molecule has 2 N–H and O–H groups in total. The number of aliphatic carboxylic acids is 1. The molecule has 0 fully saturated rings. The topological polar surface area (TPSA) is 78.9 Å². The molecule has 3 aromatic carbocycles. The zero-order chi connectivity index (χ0) is 24.5. The maximum Gasteiger partial charge on any atom is 0.326 e. The molecular formula is C29H28N2O4. The number of carbonyl (C=O) groups excluding carboxylic acids is 1. The van der Waals surface area contributed by atoms with Crippen molar-refractivity contribution in [3.8, 4) is 16.9 Å². The number of fused-ring (bicyclic) bond motifs is 3. The molecule has 3 unspecified atom stereocenters. The predicted molar refractivity (Wildman–Crippen MR) is 137 cm³/mol. The molecule has 1 aliphatic carbocycles. The van der Waals surface area contributed by atoms with Gasteiger partial charge in [-0.2, -0.15) is 0 Å². The minimum Gasteiger partial charge on any atom is -0.497 e. The van der Waals surface area contributed by atoms with Crippen LogP contribution in [-0.4, -0.2) is 30.1 Å². The Morgan fingerprint density at radius 1 is 1.03 bits per heavy atom. The number of nitrogens with one attached hydrogen (secondary N) is 1. The minimum atomic E-state index is -0.846. The molecule has 0 saturated heterocycles. The molecule has 1 heterocycles. The first-order valence-electron chi connectivity index (χ1n) is 11.8. The van der Waals surface area contributed by atoms with Crippen LogP contribution in [0.3, 0.4) is 0 Å². The first-order chi connectivity index (χ1) is 17.0.